The zero-order valence-corrected chi connectivity index (χ0v) is 36.6. The number of rotatable bonds is 7. The van der Waals surface area contributed by atoms with Crippen molar-refractivity contribution in [3.63, 3.8) is 0 Å². The molecule has 0 N–H and O–H groups in total. The van der Waals surface area contributed by atoms with Crippen molar-refractivity contribution in [3.8, 4) is 44.5 Å². The van der Waals surface area contributed by atoms with Gasteiger partial charge in [-0.2, -0.15) is 0 Å². The maximum atomic E-state index is 2.65. The van der Waals surface area contributed by atoms with E-state index in [2.05, 4.69) is 184 Å². The molecular formula is C60H59N. The Morgan fingerprint density at radius 3 is 1.59 bits per heavy atom. The zero-order chi connectivity index (χ0) is 41.3. The maximum absolute atomic E-state index is 2.65. The summed E-state index contributed by atoms with van der Waals surface area (Å²) in [4.78, 5) is 2.58. The van der Waals surface area contributed by atoms with Gasteiger partial charge in [0.05, 0.1) is 5.69 Å². The second-order valence-corrected chi connectivity index (χ2v) is 19.4. The molecule has 11 rings (SSSR count). The minimum absolute atomic E-state index is 0.00221. The van der Waals surface area contributed by atoms with Gasteiger partial charge < -0.3 is 4.90 Å². The number of hydrogen-bond donors (Lipinski definition) is 0. The lowest BCUT2D eigenvalue weighted by Gasteiger charge is -2.49. The molecule has 4 aliphatic carbocycles. The third-order valence-corrected chi connectivity index (χ3v) is 15.9. The van der Waals surface area contributed by atoms with Crippen molar-refractivity contribution in [2.75, 3.05) is 4.90 Å². The summed E-state index contributed by atoms with van der Waals surface area (Å²) in [7, 11) is 0. The highest BCUT2D eigenvalue weighted by atomic mass is 15.1. The Labute approximate surface area is 364 Å². The van der Waals surface area contributed by atoms with E-state index in [1.165, 1.54) is 148 Å². The molecule has 0 atom stereocenters. The summed E-state index contributed by atoms with van der Waals surface area (Å²) in [6.07, 6.45) is 13.5. The van der Waals surface area contributed by atoms with E-state index in [0.29, 0.717) is 11.8 Å². The van der Waals surface area contributed by atoms with Gasteiger partial charge >= 0.3 is 0 Å². The van der Waals surface area contributed by atoms with E-state index in [-0.39, 0.29) is 10.8 Å². The smallest absolute Gasteiger partial charge is 0.0543 e. The van der Waals surface area contributed by atoms with Crippen molar-refractivity contribution in [2.45, 2.75) is 103 Å². The fraction of sp³-hybridized carbons (Fsp3) is 0.300. The van der Waals surface area contributed by atoms with Gasteiger partial charge in [-0.1, -0.05) is 168 Å². The Kier molecular flexibility index (Phi) is 9.45. The summed E-state index contributed by atoms with van der Waals surface area (Å²) in [6.45, 7) is 9.41. The first-order valence-corrected chi connectivity index (χ1v) is 23.4. The molecule has 304 valence electrons. The van der Waals surface area contributed by atoms with Gasteiger partial charge in [0.25, 0.3) is 0 Å². The van der Waals surface area contributed by atoms with Gasteiger partial charge in [-0.3, -0.25) is 0 Å². The predicted octanol–water partition coefficient (Wildman–Crippen LogP) is 16.8. The summed E-state index contributed by atoms with van der Waals surface area (Å²) in [5, 5.41) is 0. The predicted molar refractivity (Wildman–Crippen MR) is 258 cm³/mol. The van der Waals surface area contributed by atoms with Gasteiger partial charge in [0.1, 0.15) is 0 Å². The van der Waals surface area contributed by atoms with E-state index in [9.17, 15) is 0 Å². The summed E-state index contributed by atoms with van der Waals surface area (Å²) in [5.74, 6) is 1.34. The molecule has 7 aromatic carbocycles. The van der Waals surface area contributed by atoms with Crippen LogP contribution in [0.25, 0.3) is 44.5 Å². The zero-order valence-electron chi connectivity index (χ0n) is 36.6. The second kappa shape index (κ2) is 15.1. The lowest BCUT2D eigenvalue weighted by atomic mass is 9.54. The van der Waals surface area contributed by atoms with Crippen molar-refractivity contribution in [2.24, 2.45) is 11.8 Å². The van der Waals surface area contributed by atoms with Crippen LogP contribution in [0.3, 0.4) is 0 Å². The topological polar surface area (TPSA) is 3.24 Å². The summed E-state index contributed by atoms with van der Waals surface area (Å²) < 4.78 is 0. The first kappa shape index (κ1) is 38.3. The van der Waals surface area contributed by atoms with Crippen molar-refractivity contribution < 1.29 is 0 Å². The highest BCUT2D eigenvalue weighted by molar-refractivity contribution is 5.96. The van der Waals surface area contributed by atoms with Crippen molar-refractivity contribution in [1.82, 2.24) is 0 Å². The lowest BCUT2D eigenvalue weighted by molar-refractivity contribution is 0.137. The first-order chi connectivity index (χ1) is 29.8. The van der Waals surface area contributed by atoms with E-state index in [4.69, 9.17) is 0 Å². The van der Waals surface area contributed by atoms with Crippen LogP contribution < -0.4 is 4.90 Å². The van der Waals surface area contributed by atoms with Crippen LogP contribution in [0, 0.1) is 25.7 Å². The number of nitrogens with zero attached hydrogens (tertiary/aromatic N) is 1. The van der Waals surface area contributed by atoms with E-state index in [1.54, 1.807) is 11.1 Å². The minimum Gasteiger partial charge on any atom is -0.310 e. The number of anilines is 3. The molecule has 0 heterocycles. The highest BCUT2D eigenvalue weighted by Gasteiger charge is 2.54. The summed E-state index contributed by atoms with van der Waals surface area (Å²) >= 11 is 0. The molecule has 0 aromatic heterocycles. The van der Waals surface area contributed by atoms with Crippen LogP contribution in [0.15, 0.2) is 152 Å². The van der Waals surface area contributed by atoms with Crippen LogP contribution in [0.4, 0.5) is 17.1 Å². The third-order valence-electron chi connectivity index (χ3n) is 15.9. The average Bonchev–Trinajstić information content (AvgIpc) is 3.73. The fourth-order valence-corrected chi connectivity index (χ4v) is 12.8. The first-order valence-electron chi connectivity index (χ1n) is 23.4. The van der Waals surface area contributed by atoms with Gasteiger partial charge in [-0.15, -0.1) is 0 Å². The molecule has 2 saturated carbocycles. The van der Waals surface area contributed by atoms with E-state index in [0.717, 1.165) is 0 Å². The molecule has 1 nitrogen and oxygen atoms in total. The molecule has 0 radical (unpaired) electrons. The number of aryl methyl sites for hydroxylation is 2. The summed E-state index contributed by atoms with van der Waals surface area (Å²) in [6, 6.07) is 58.3. The van der Waals surface area contributed by atoms with Crippen molar-refractivity contribution in [1.29, 1.82) is 0 Å². The second-order valence-electron chi connectivity index (χ2n) is 19.4. The molecule has 7 aromatic rings. The maximum Gasteiger partial charge on any atom is 0.0543 e. The van der Waals surface area contributed by atoms with Gasteiger partial charge in [0.15, 0.2) is 0 Å². The van der Waals surface area contributed by atoms with E-state index >= 15 is 0 Å². The monoisotopic (exact) mass is 793 g/mol. The molecule has 0 aliphatic heterocycles. The molecule has 0 saturated heterocycles. The SMILES string of the molecule is Cc1cc2c(cc1C)C(C1CCCCC1)(C1CCCCC1)c1cccc(N(c3ccc(-c4ccccc4)cc3)c3ccc(-c4ccc5c(c4)-c4ccccc4C5(C)C)cc3)c1-2. The Morgan fingerprint density at radius 1 is 0.410 bits per heavy atom. The molecule has 61 heavy (non-hydrogen) atoms. The Morgan fingerprint density at radius 2 is 0.934 bits per heavy atom. The molecule has 0 bridgehead atoms. The van der Waals surface area contributed by atoms with E-state index < -0.39 is 0 Å². The quantitative estimate of drug-likeness (QED) is 0.155. The standard InChI is InChI=1S/C60H59N/c1-40-37-52-56(38-41(40)2)60(46-19-10-6-11-20-46,47-21-12-7-13-22-47)55-25-16-26-57(58(52)55)61(48-32-27-43(28-33-48)42-17-8-5-9-18-42)49-34-29-44(30-35-49)45-31-36-54-51(39-45)50-23-14-15-24-53(50)59(54,3)4/h5,8-9,14-18,23-39,46-47H,6-7,10-13,19-22H2,1-4H3. The third kappa shape index (κ3) is 6.09. The van der Waals surface area contributed by atoms with Gasteiger partial charge in [0.2, 0.25) is 0 Å². The fourth-order valence-electron chi connectivity index (χ4n) is 12.8. The number of hydrogen-bond acceptors (Lipinski definition) is 1. The molecule has 2 fully saturated rings. The van der Waals surface area contributed by atoms with Crippen molar-refractivity contribution >= 4 is 17.1 Å². The number of fused-ring (bicyclic) bond motifs is 6. The van der Waals surface area contributed by atoms with Gasteiger partial charge in [0, 0.05) is 27.8 Å². The van der Waals surface area contributed by atoms with Crippen LogP contribution in [-0.4, -0.2) is 0 Å². The van der Waals surface area contributed by atoms with Crippen LogP contribution in [-0.2, 0) is 10.8 Å². The van der Waals surface area contributed by atoms with Crippen LogP contribution >= 0.6 is 0 Å². The Bertz CT molecular complexity index is 2720. The van der Waals surface area contributed by atoms with E-state index in [1.807, 2.05) is 0 Å². The molecule has 1 heteroatoms. The molecule has 0 amide bonds. The van der Waals surface area contributed by atoms with Crippen LogP contribution in [0.2, 0.25) is 0 Å². The normalized spacial score (nSPS) is 17.6. The highest BCUT2D eigenvalue weighted by Crippen LogP contribution is 2.64. The summed E-state index contributed by atoms with van der Waals surface area (Å²) in [5.41, 5.74) is 23.3. The van der Waals surface area contributed by atoms with Crippen molar-refractivity contribution in [3.05, 3.63) is 185 Å². The lowest BCUT2D eigenvalue weighted by Crippen LogP contribution is -2.44. The Hall–Kier alpha value is -5.66. The molecule has 4 aliphatic rings. The number of benzene rings is 7. The van der Waals surface area contributed by atoms with Gasteiger partial charge in [-0.05, 0) is 160 Å². The molecule has 0 unspecified atom stereocenters. The molecule has 0 spiro atoms. The van der Waals surface area contributed by atoms with Crippen LogP contribution in [0.1, 0.15) is 111 Å². The Balaban J connectivity index is 1.09. The average molecular weight is 794 g/mol. The molecular weight excluding hydrogens is 735 g/mol. The minimum atomic E-state index is 0.00221. The van der Waals surface area contributed by atoms with Gasteiger partial charge in [-0.25, -0.2) is 0 Å². The van der Waals surface area contributed by atoms with Crippen LogP contribution in [0.5, 0.6) is 0 Å². The largest absolute Gasteiger partial charge is 0.310 e.